The van der Waals surface area contributed by atoms with Gasteiger partial charge in [0, 0.05) is 26.2 Å². The monoisotopic (exact) mass is 285 g/mol. The number of carbonyl (C=O) groups excluding carboxylic acids is 1. The predicted molar refractivity (Wildman–Crippen MR) is 81.6 cm³/mol. The van der Waals surface area contributed by atoms with E-state index in [0.29, 0.717) is 6.10 Å². The number of primary amides is 1. The van der Waals surface area contributed by atoms with Crippen molar-refractivity contribution in [2.24, 2.45) is 5.73 Å². The molecule has 0 bridgehead atoms. The molecule has 0 saturated carbocycles. The molecular weight excluding hydrogens is 254 g/mol. The number of unbranched alkanes of at least 4 members (excludes halogenated alkanes) is 1. The highest BCUT2D eigenvalue weighted by Crippen LogP contribution is 2.17. The highest BCUT2D eigenvalue weighted by Gasteiger charge is 2.30. The van der Waals surface area contributed by atoms with Gasteiger partial charge in [0.1, 0.15) is 0 Å². The number of carbonyl (C=O) groups is 1. The summed E-state index contributed by atoms with van der Waals surface area (Å²) in [5, 5.41) is 3.29. The number of amides is 1. The lowest BCUT2D eigenvalue weighted by molar-refractivity contribution is -0.124. The van der Waals surface area contributed by atoms with E-state index in [0.717, 1.165) is 45.3 Å². The minimum absolute atomic E-state index is 0.258. The van der Waals surface area contributed by atoms with Crippen LogP contribution in [-0.4, -0.2) is 55.2 Å². The zero-order chi connectivity index (χ0) is 15.2. The average Bonchev–Trinajstić information content (AvgIpc) is 2.81. The number of hydrogen-bond acceptors (Lipinski definition) is 4. The van der Waals surface area contributed by atoms with Crippen LogP contribution in [0.5, 0.6) is 0 Å². The normalized spacial score (nSPS) is 23.1. The molecule has 1 rings (SSSR count). The lowest BCUT2D eigenvalue weighted by Crippen LogP contribution is -2.55. The number of methoxy groups -OCH3 is 1. The van der Waals surface area contributed by atoms with Gasteiger partial charge in [-0.15, -0.1) is 0 Å². The Morgan fingerprint density at radius 3 is 2.70 bits per heavy atom. The molecular formula is C15H31N3O2. The molecule has 2 unspecified atom stereocenters. The number of nitrogens with zero attached hydrogens (tertiary/aromatic N) is 1. The van der Waals surface area contributed by atoms with Crippen LogP contribution in [0, 0.1) is 0 Å². The maximum Gasteiger partial charge on any atom is 0.237 e. The Labute approximate surface area is 123 Å². The number of nitrogens with two attached hydrogens (primary N) is 1. The number of ether oxygens (including phenoxy) is 1. The third kappa shape index (κ3) is 5.38. The summed E-state index contributed by atoms with van der Waals surface area (Å²) in [5.74, 6) is -0.258. The van der Waals surface area contributed by atoms with Gasteiger partial charge in [0.25, 0.3) is 0 Å². The van der Waals surface area contributed by atoms with E-state index < -0.39 is 5.54 Å². The van der Waals surface area contributed by atoms with E-state index in [4.69, 9.17) is 10.5 Å². The largest absolute Gasteiger partial charge is 0.380 e. The second-order valence-corrected chi connectivity index (χ2v) is 6.40. The molecule has 0 spiro atoms. The van der Waals surface area contributed by atoms with Crippen molar-refractivity contribution in [1.82, 2.24) is 10.2 Å². The van der Waals surface area contributed by atoms with Gasteiger partial charge in [-0.3, -0.25) is 4.79 Å². The lowest BCUT2D eigenvalue weighted by atomic mass is 9.93. The summed E-state index contributed by atoms with van der Waals surface area (Å²) in [6.07, 6.45) is 4.42. The molecule has 1 amide bonds. The van der Waals surface area contributed by atoms with Crippen LogP contribution in [0.1, 0.15) is 46.5 Å². The van der Waals surface area contributed by atoms with E-state index in [1.807, 2.05) is 20.8 Å². The van der Waals surface area contributed by atoms with Crippen LogP contribution >= 0.6 is 0 Å². The third-order valence-corrected chi connectivity index (χ3v) is 4.11. The fourth-order valence-corrected chi connectivity index (χ4v) is 2.91. The Bertz CT molecular complexity index is 309. The summed E-state index contributed by atoms with van der Waals surface area (Å²) in [6.45, 7) is 9.22. The number of likely N-dealkylation sites (tertiary alicyclic amines) is 1. The molecule has 1 aliphatic heterocycles. The van der Waals surface area contributed by atoms with Gasteiger partial charge in [-0.2, -0.15) is 0 Å². The molecule has 0 aromatic rings. The van der Waals surface area contributed by atoms with Crippen LogP contribution in [0.3, 0.4) is 0 Å². The molecule has 0 aromatic heterocycles. The Morgan fingerprint density at radius 1 is 1.50 bits per heavy atom. The first-order valence-corrected chi connectivity index (χ1v) is 7.70. The van der Waals surface area contributed by atoms with Crippen LogP contribution in [0.4, 0.5) is 0 Å². The molecule has 20 heavy (non-hydrogen) atoms. The Hall–Kier alpha value is -0.650. The average molecular weight is 285 g/mol. The van der Waals surface area contributed by atoms with Gasteiger partial charge in [0.15, 0.2) is 0 Å². The second-order valence-electron chi connectivity index (χ2n) is 6.40. The van der Waals surface area contributed by atoms with Crippen molar-refractivity contribution in [3.05, 3.63) is 0 Å². The van der Waals surface area contributed by atoms with E-state index in [2.05, 4.69) is 10.2 Å². The van der Waals surface area contributed by atoms with Crippen LogP contribution in [0.2, 0.25) is 0 Å². The molecule has 0 aromatic carbocycles. The fraction of sp³-hybridized carbons (Fsp3) is 0.933. The Morgan fingerprint density at radius 2 is 2.20 bits per heavy atom. The second kappa shape index (κ2) is 7.96. The summed E-state index contributed by atoms with van der Waals surface area (Å²) in [4.78, 5) is 14.1. The zero-order valence-corrected chi connectivity index (χ0v) is 13.4. The van der Waals surface area contributed by atoms with E-state index in [1.54, 1.807) is 7.11 Å². The molecule has 2 atom stereocenters. The molecule has 1 heterocycles. The molecule has 118 valence electrons. The van der Waals surface area contributed by atoms with E-state index in [1.165, 1.54) is 0 Å². The summed E-state index contributed by atoms with van der Waals surface area (Å²) in [6, 6.07) is 0.258. The first-order chi connectivity index (χ1) is 9.37. The van der Waals surface area contributed by atoms with Crippen molar-refractivity contribution in [1.29, 1.82) is 0 Å². The van der Waals surface area contributed by atoms with Crippen LogP contribution < -0.4 is 11.1 Å². The number of rotatable bonds is 9. The van der Waals surface area contributed by atoms with Crippen molar-refractivity contribution in [3.8, 4) is 0 Å². The maximum absolute atomic E-state index is 11.6. The van der Waals surface area contributed by atoms with E-state index in [9.17, 15) is 4.79 Å². The van der Waals surface area contributed by atoms with Crippen molar-refractivity contribution >= 4 is 5.91 Å². The van der Waals surface area contributed by atoms with E-state index >= 15 is 0 Å². The van der Waals surface area contributed by atoms with Crippen LogP contribution in [0.25, 0.3) is 0 Å². The number of nitrogens with one attached hydrogen (secondary N) is 1. The lowest BCUT2D eigenvalue weighted by Gasteiger charge is -2.30. The van der Waals surface area contributed by atoms with Crippen LogP contribution in [0.15, 0.2) is 0 Å². The summed E-state index contributed by atoms with van der Waals surface area (Å²) < 4.78 is 5.36. The maximum atomic E-state index is 11.6. The van der Waals surface area contributed by atoms with Gasteiger partial charge in [-0.25, -0.2) is 0 Å². The van der Waals surface area contributed by atoms with Crippen molar-refractivity contribution in [2.45, 2.75) is 64.1 Å². The minimum atomic E-state index is -0.589. The SMILES string of the molecule is COC1CCN(CCCCC(C)(NC(C)C)C(N)=O)C1. The smallest absolute Gasteiger partial charge is 0.237 e. The van der Waals surface area contributed by atoms with Gasteiger partial charge >= 0.3 is 0 Å². The Kier molecular flexibility index (Phi) is 6.92. The molecule has 5 heteroatoms. The summed E-state index contributed by atoms with van der Waals surface area (Å²) in [7, 11) is 1.78. The first-order valence-electron chi connectivity index (χ1n) is 7.70. The molecule has 0 radical (unpaired) electrons. The molecule has 1 aliphatic rings. The molecule has 1 fully saturated rings. The summed E-state index contributed by atoms with van der Waals surface area (Å²) >= 11 is 0. The minimum Gasteiger partial charge on any atom is -0.380 e. The van der Waals surface area contributed by atoms with Crippen molar-refractivity contribution in [2.75, 3.05) is 26.7 Å². The Balaban J connectivity index is 2.26. The van der Waals surface area contributed by atoms with Crippen molar-refractivity contribution < 1.29 is 9.53 Å². The first kappa shape index (κ1) is 17.4. The highest BCUT2D eigenvalue weighted by molar-refractivity contribution is 5.84. The quantitative estimate of drug-likeness (QED) is 0.623. The van der Waals surface area contributed by atoms with Gasteiger partial charge in [-0.1, -0.05) is 0 Å². The fourth-order valence-electron chi connectivity index (χ4n) is 2.91. The van der Waals surface area contributed by atoms with Gasteiger partial charge < -0.3 is 20.7 Å². The summed E-state index contributed by atoms with van der Waals surface area (Å²) in [5.41, 5.74) is 4.94. The highest BCUT2D eigenvalue weighted by atomic mass is 16.5. The molecule has 5 nitrogen and oxygen atoms in total. The zero-order valence-electron chi connectivity index (χ0n) is 13.4. The molecule has 3 N–H and O–H groups in total. The van der Waals surface area contributed by atoms with Crippen molar-refractivity contribution in [3.63, 3.8) is 0 Å². The van der Waals surface area contributed by atoms with E-state index in [-0.39, 0.29) is 11.9 Å². The topological polar surface area (TPSA) is 67.6 Å². The third-order valence-electron chi connectivity index (χ3n) is 4.11. The van der Waals surface area contributed by atoms with Gasteiger partial charge in [0.2, 0.25) is 5.91 Å². The predicted octanol–water partition coefficient (Wildman–Crippen LogP) is 1.12. The van der Waals surface area contributed by atoms with Gasteiger partial charge in [-0.05, 0) is 53.0 Å². The molecule has 0 aliphatic carbocycles. The molecule has 1 saturated heterocycles. The standard InChI is InChI=1S/C15H31N3O2/c1-12(2)17-15(3,14(16)19)8-5-6-9-18-10-7-13(11-18)20-4/h12-13,17H,5-11H2,1-4H3,(H2,16,19). The van der Waals surface area contributed by atoms with Crippen LogP contribution in [-0.2, 0) is 9.53 Å². The van der Waals surface area contributed by atoms with Gasteiger partial charge in [0.05, 0.1) is 11.6 Å². The number of hydrogen-bond donors (Lipinski definition) is 2.